The number of nitrogens with zero attached hydrogens (tertiary/aromatic N) is 1. The molecule has 1 rings (SSSR count). The van der Waals surface area contributed by atoms with Crippen LogP contribution in [-0.2, 0) is 0 Å². The van der Waals surface area contributed by atoms with Crippen molar-refractivity contribution in [1.82, 2.24) is 0 Å². The zero-order valence-corrected chi connectivity index (χ0v) is 9.51. The molecule has 14 heavy (non-hydrogen) atoms. The van der Waals surface area contributed by atoms with Crippen LogP contribution in [0, 0.1) is 5.82 Å². The van der Waals surface area contributed by atoms with Crippen molar-refractivity contribution in [3.63, 3.8) is 0 Å². The van der Waals surface area contributed by atoms with Crippen LogP contribution in [0.2, 0.25) is 0 Å². The highest BCUT2D eigenvalue weighted by atomic mass is 79.9. The summed E-state index contributed by atoms with van der Waals surface area (Å²) in [7, 11) is 0. The first-order chi connectivity index (χ1) is 6.69. The second-order valence-electron chi connectivity index (χ2n) is 2.95. The summed E-state index contributed by atoms with van der Waals surface area (Å²) in [5, 5.41) is 3.61. The van der Waals surface area contributed by atoms with Crippen LogP contribution in [-0.4, -0.2) is 5.71 Å². The molecule has 0 saturated carbocycles. The van der Waals surface area contributed by atoms with Crippen molar-refractivity contribution < 1.29 is 4.39 Å². The first kappa shape index (κ1) is 11.2. The van der Waals surface area contributed by atoms with Gasteiger partial charge in [0.15, 0.2) is 0 Å². The fourth-order valence-electron chi connectivity index (χ4n) is 1.22. The Kier molecular flexibility index (Phi) is 4.07. The fraction of sp³-hybridized carbons (Fsp3) is 0.300. The number of hydrogen-bond acceptors (Lipinski definition) is 2. The SMILES string of the molecule is CCC/C(=N/N)c1cc(Br)ccc1F. The van der Waals surface area contributed by atoms with Gasteiger partial charge in [-0.3, -0.25) is 0 Å². The minimum atomic E-state index is -0.286. The van der Waals surface area contributed by atoms with Crippen molar-refractivity contribution in [3.05, 3.63) is 34.1 Å². The molecule has 1 aromatic rings. The molecule has 0 unspecified atom stereocenters. The van der Waals surface area contributed by atoms with Gasteiger partial charge in [0, 0.05) is 10.0 Å². The van der Waals surface area contributed by atoms with E-state index in [1.54, 1.807) is 12.1 Å². The first-order valence-corrected chi connectivity index (χ1v) is 5.20. The molecule has 2 nitrogen and oxygen atoms in total. The van der Waals surface area contributed by atoms with Gasteiger partial charge in [0.2, 0.25) is 0 Å². The van der Waals surface area contributed by atoms with Gasteiger partial charge in [-0.25, -0.2) is 4.39 Å². The van der Waals surface area contributed by atoms with Crippen LogP contribution in [0.4, 0.5) is 4.39 Å². The van der Waals surface area contributed by atoms with Crippen molar-refractivity contribution in [1.29, 1.82) is 0 Å². The van der Waals surface area contributed by atoms with Gasteiger partial charge >= 0.3 is 0 Å². The number of hydrogen-bond donors (Lipinski definition) is 1. The average molecular weight is 259 g/mol. The van der Waals surface area contributed by atoms with Crippen LogP contribution in [0.15, 0.2) is 27.8 Å². The van der Waals surface area contributed by atoms with Crippen molar-refractivity contribution in [2.75, 3.05) is 0 Å². The molecule has 0 aliphatic heterocycles. The van der Waals surface area contributed by atoms with E-state index in [9.17, 15) is 4.39 Å². The third kappa shape index (κ3) is 2.54. The third-order valence-electron chi connectivity index (χ3n) is 1.88. The van der Waals surface area contributed by atoms with Gasteiger partial charge in [0.25, 0.3) is 0 Å². The summed E-state index contributed by atoms with van der Waals surface area (Å²) >= 11 is 3.28. The second-order valence-corrected chi connectivity index (χ2v) is 3.87. The Hall–Kier alpha value is -0.900. The summed E-state index contributed by atoms with van der Waals surface area (Å²) in [6, 6.07) is 4.75. The number of benzene rings is 1. The molecule has 0 heterocycles. The van der Waals surface area contributed by atoms with Gasteiger partial charge in [-0.05, 0) is 24.6 Å². The lowest BCUT2D eigenvalue weighted by Gasteiger charge is -2.05. The largest absolute Gasteiger partial charge is 0.323 e. The Morgan fingerprint density at radius 3 is 2.86 bits per heavy atom. The van der Waals surface area contributed by atoms with Gasteiger partial charge < -0.3 is 5.84 Å². The number of rotatable bonds is 3. The van der Waals surface area contributed by atoms with Crippen LogP contribution in [0.5, 0.6) is 0 Å². The Morgan fingerprint density at radius 1 is 1.57 bits per heavy atom. The van der Waals surface area contributed by atoms with Crippen molar-refractivity contribution in [3.8, 4) is 0 Å². The molecule has 4 heteroatoms. The van der Waals surface area contributed by atoms with Crippen LogP contribution in [0.1, 0.15) is 25.3 Å². The van der Waals surface area contributed by atoms with Gasteiger partial charge in [-0.1, -0.05) is 29.3 Å². The Bertz CT molecular complexity index is 350. The van der Waals surface area contributed by atoms with Crippen molar-refractivity contribution in [2.24, 2.45) is 10.9 Å². The summed E-state index contributed by atoms with van der Waals surface area (Å²) < 4.78 is 14.2. The summed E-state index contributed by atoms with van der Waals surface area (Å²) in [5.41, 5.74) is 1.08. The third-order valence-corrected chi connectivity index (χ3v) is 2.38. The van der Waals surface area contributed by atoms with E-state index in [1.165, 1.54) is 6.07 Å². The molecule has 0 amide bonds. The second kappa shape index (κ2) is 5.10. The summed E-state index contributed by atoms with van der Waals surface area (Å²) in [5.74, 6) is 4.93. The predicted octanol–water partition coefficient (Wildman–Crippen LogP) is 3.05. The normalized spacial score (nSPS) is 11.8. The molecule has 1 aromatic carbocycles. The summed E-state index contributed by atoms with van der Waals surface area (Å²) in [6.07, 6.45) is 1.58. The molecule has 0 aromatic heterocycles. The number of hydrazone groups is 1. The fourth-order valence-corrected chi connectivity index (χ4v) is 1.59. The average Bonchev–Trinajstić information content (AvgIpc) is 2.18. The van der Waals surface area contributed by atoms with Crippen LogP contribution >= 0.6 is 15.9 Å². The maximum absolute atomic E-state index is 13.4. The van der Waals surface area contributed by atoms with Crippen LogP contribution in [0.25, 0.3) is 0 Å². The van der Waals surface area contributed by atoms with Crippen molar-refractivity contribution in [2.45, 2.75) is 19.8 Å². The minimum absolute atomic E-state index is 0.286. The molecule has 0 aliphatic carbocycles. The van der Waals surface area contributed by atoms with Gasteiger partial charge in [0.05, 0.1) is 5.71 Å². The Balaban J connectivity index is 3.09. The molecule has 0 saturated heterocycles. The zero-order valence-electron chi connectivity index (χ0n) is 7.93. The van der Waals surface area contributed by atoms with E-state index in [4.69, 9.17) is 5.84 Å². The van der Waals surface area contributed by atoms with E-state index in [2.05, 4.69) is 21.0 Å². The lowest BCUT2D eigenvalue weighted by atomic mass is 10.1. The van der Waals surface area contributed by atoms with Crippen molar-refractivity contribution >= 4 is 21.6 Å². The predicted molar refractivity (Wildman–Crippen MR) is 59.7 cm³/mol. The summed E-state index contributed by atoms with van der Waals surface area (Å²) in [4.78, 5) is 0. The van der Waals surface area contributed by atoms with Gasteiger partial charge in [-0.2, -0.15) is 5.10 Å². The molecule has 76 valence electrons. The first-order valence-electron chi connectivity index (χ1n) is 4.41. The van der Waals surface area contributed by atoms with Crippen LogP contribution < -0.4 is 5.84 Å². The molecular weight excluding hydrogens is 247 g/mol. The monoisotopic (exact) mass is 258 g/mol. The van der Waals surface area contributed by atoms with E-state index in [1.807, 2.05) is 6.92 Å². The van der Waals surface area contributed by atoms with Gasteiger partial charge in [-0.15, -0.1) is 0 Å². The quantitative estimate of drug-likeness (QED) is 0.505. The smallest absolute Gasteiger partial charge is 0.132 e. The lowest BCUT2D eigenvalue weighted by molar-refractivity contribution is 0.624. The van der Waals surface area contributed by atoms with E-state index < -0.39 is 0 Å². The standard InChI is InChI=1S/C10H12BrFN2/c1-2-3-10(14-13)8-6-7(11)4-5-9(8)12/h4-6H,2-3,13H2,1H3/b14-10-. The van der Waals surface area contributed by atoms with E-state index >= 15 is 0 Å². The van der Waals surface area contributed by atoms with Gasteiger partial charge in [0.1, 0.15) is 5.82 Å². The highest BCUT2D eigenvalue weighted by Gasteiger charge is 2.08. The Morgan fingerprint density at radius 2 is 2.29 bits per heavy atom. The Labute approximate surface area is 91.1 Å². The number of halogens is 2. The molecule has 0 atom stereocenters. The lowest BCUT2D eigenvalue weighted by Crippen LogP contribution is -2.06. The molecule has 0 fully saturated rings. The maximum atomic E-state index is 13.4. The molecule has 0 aliphatic rings. The highest BCUT2D eigenvalue weighted by molar-refractivity contribution is 9.10. The molecule has 0 bridgehead atoms. The van der Waals surface area contributed by atoms with E-state index in [0.29, 0.717) is 17.7 Å². The molecule has 0 radical (unpaired) electrons. The van der Waals surface area contributed by atoms with E-state index in [0.717, 1.165) is 10.9 Å². The molecular formula is C10H12BrFN2. The maximum Gasteiger partial charge on any atom is 0.132 e. The zero-order chi connectivity index (χ0) is 10.6. The van der Waals surface area contributed by atoms with Crippen LogP contribution in [0.3, 0.4) is 0 Å². The molecule has 2 N–H and O–H groups in total. The topological polar surface area (TPSA) is 38.4 Å². The van der Waals surface area contributed by atoms with E-state index in [-0.39, 0.29) is 5.82 Å². The summed E-state index contributed by atoms with van der Waals surface area (Å²) in [6.45, 7) is 2.00. The number of nitrogens with two attached hydrogens (primary N) is 1. The minimum Gasteiger partial charge on any atom is -0.323 e. The highest BCUT2D eigenvalue weighted by Crippen LogP contribution is 2.17. The molecule has 0 spiro atoms.